The van der Waals surface area contributed by atoms with Gasteiger partial charge in [-0.1, -0.05) is 227 Å². The van der Waals surface area contributed by atoms with Gasteiger partial charge in [0, 0.05) is 106 Å². The van der Waals surface area contributed by atoms with Crippen molar-refractivity contribution in [3.63, 3.8) is 0 Å². The topological polar surface area (TPSA) is 46.6 Å². The summed E-state index contributed by atoms with van der Waals surface area (Å²) in [6, 6.07) is 100. The van der Waals surface area contributed by atoms with E-state index in [-0.39, 0.29) is 5.91 Å². The van der Waals surface area contributed by atoms with E-state index in [0.29, 0.717) is 11.5 Å². The predicted octanol–water partition coefficient (Wildman–Crippen LogP) is 25.3. The van der Waals surface area contributed by atoms with Crippen molar-refractivity contribution in [1.82, 2.24) is 27.4 Å². The van der Waals surface area contributed by atoms with E-state index in [2.05, 4.69) is 323 Å². The summed E-state index contributed by atoms with van der Waals surface area (Å²) in [5.74, 6) is 0.627. The van der Waals surface area contributed by atoms with E-state index in [0.717, 1.165) is 61.4 Å². The lowest BCUT2D eigenvalue weighted by Gasteiger charge is -2.22. The molecule has 19 aromatic rings. The maximum absolute atomic E-state index is 13.4. The molecule has 0 bridgehead atoms. The summed E-state index contributed by atoms with van der Waals surface area (Å²) in [6.45, 7) is 18.9. The van der Waals surface area contributed by atoms with E-state index in [4.69, 9.17) is 0 Å². The average molecular weight is 1320 g/mol. The molecule has 0 radical (unpaired) electrons. The summed E-state index contributed by atoms with van der Waals surface area (Å²) in [4.78, 5) is 13.4. The quantitative estimate of drug-likeness (QED) is 0.133. The number of para-hydroxylation sites is 6. The number of allylic oxidation sites excluding steroid dienone is 1. The van der Waals surface area contributed by atoms with Gasteiger partial charge in [0.25, 0.3) is 5.91 Å². The minimum atomic E-state index is -0.0714. The minimum Gasteiger partial charge on any atom is -0.335 e. The molecule has 0 saturated heterocycles. The number of hydrogen-bond donors (Lipinski definition) is 0. The molecule has 20 rings (SSSR count). The molecule has 1 saturated carbocycles. The monoisotopic (exact) mass is 1320 g/mol. The Morgan fingerprint density at radius 1 is 0.392 bits per heavy atom. The Morgan fingerprint density at radius 3 is 1.42 bits per heavy atom. The highest BCUT2D eigenvalue weighted by molar-refractivity contribution is 6.30. The number of aromatic nitrogens is 6. The molecule has 102 heavy (non-hydrogen) atoms. The van der Waals surface area contributed by atoms with Gasteiger partial charge in [-0.05, 0) is 165 Å². The van der Waals surface area contributed by atoms with E-state index in [1.54, 1.807) is 6.92 Å². The molecule has 13 aromatic carbocycles. The average Bonchev–Trinajstić information content (AvgIpc) is 1.57. The molecule has 0 spiro atoms. The van der Waals surface area contributed by atoms with E-state index in [9.17, 15) is 4.79 Å². The third-order valence-corrected chi connectivity index (χ3v) is 21.6. The van der Waals surface area contributed by atoms with Crippen LogP contribution in [0.3, 0.4) is 0 Å². The summed E-state index contributed by atoms with van der Waals surface area (Å²) in [7, 11) is 0. The number of benzene rings is 13. The second-order valence-electron chi connectivity index (χ2n) is 27.8. The van der Waals surface area contributed by atoms with Crippen LogP contribution in [0.5, 0.6) is 0 Å². The summed E-state index contributed by atoms with van der Waals surface area (Å²) < 4.78 is 13.8. The van der Waals surface area contributed by atoms with Gasteiger partial charge in [-0.2, -0.15) is 0 Å². The van der Waals surface area contributed by atoms with Crippen molar-refractivity contribution in [2.45, 2.75) is 65.3 Å². The van der Waals surface area contributed by atoms with Crippen LogP contribution in [0.2, 0.25) is 0 Å². The molecule has 0 unspecified atom stereocenters. The Labute approximate surface area is 592 Å². The van der Waals surface area contributed by atoms with Crippen molar-refractivity contribution < 1.29 is 4.79 Å². The van der Waals surface area contributed by atoms with Gasteiger partial charge in [0.2, 0.25) is 0 Å². The molecular weight excluding hydrogens is 1240 g/mol. The van der Waals surface area contributed by atoms with Crippen molar-refractivity contribution in [1.29, 1.82) is 0 Å². The summed E-state index contributed by atoms with van der Waals surface area (Å²) in [5, 5.41) is 14.8. The van der Waals surface area contributed by atoms with Crippen LogP contribution in [0.25, 0.3) is 160 Å². The fourth-order valence-electron chi connectivity index (χ4n) is 17.0. The zero-order chi connectivity index (χ0) is 68.9. The van der Waals surface area contributed by atoms with E-state index in [1.807, 2.05) is 29.0 Å². The number of nitrogens with zero attached hydrogens (tertiary/aromatic N) is 6. The molecule has 0 amide bonds. The zero-order valence-corrected chi connectivity index (χ0v) is 57.7. The van der Waals surface area contributed by atoms with Gasteiger partial charge >= 0.3 is 0 Å². The Morgan fingerprint density at radius 2 is 0.843 bits per heavy atom. The van der Waals surface area contributed by atoms with Gasteiger partial charge in [0.15, 0.2) is 0 Å². The number of carbonyl (C=O) groups is 1. The molecule has 0 N–H and O–H groups in total. The molecule has 1 fully saturated rings. The van der Waals surface area contributed by atoms with Crippen molar-refractivity contribution in [2.24, 2.45) is 0 Å². The highest BCUT2D eigenvalue weighted by atomic mass is 16.2. The standard InChI is InChI=1S/C34H26N2.C32H28N2.C29H22N2O/c1-3-24-14-16-25(17-15-24)22-35-30-12-8-7-11-27(30)28-19-20-31-33(34(28)35)29-18-13-23(2)21-32(29)36(31)26-9-5-4-6-10-26;1-2-33-28-19-17-23(22-11-5-3-6-12-22)21-27(28)25-18-20-30-31(32(25)33)26-15-9-10-16-29(26)34(30)24-13-7-4-8-14-24;1-18(2)29(32)31-25-15-13-19(3)17-23(25)21-14-16-26-27(28(21)31)22-11-7-8-12-24(22)30(26)20-9-5-4-6-10-20/h3-21H,1,22H2,2H3;2,4,7-10,13-22H,1,3,5-6,11-12H2;4-17H,1H2,2-3H3. The fraction of sp³-hybridized carbons (Fsp3) is 0.105. The maximum Gasteiger partial charge on any atom is 0.257 e. The van der Waals surface area contributed by atoms with E-state index < -0.39 is 0 Å². The predicted molar refractivity (Wildman–Crippen MR) is 434 cm³/mol. The van der Waals surface area contributed by atoms with Crippen molar-refractivity contribution in [2.75, 3.05) is 0 Å². The fourth-order valence-corrected chi connectivity index (χ4v) is 17.0. The molecule has 0 aliphatic heterocycles. The number of aryl methyl sites for hydroxylation is 2. The number of rotatable bonds is 9. The van der Waals surface area contributed by atoms with E-state index >= 15 is 0 Å². The van der Waals surface area contributed by atoms with Gasteiger partial charge in [0.05, 0.1) is 60.7 Å². The largest absolute Gasteiger partial charge is 0.335 e. The van der Waals surface area contributed by atoms with Crippen LogP contribution < -0.4 is 0 Å². The number of fused-ring (bicyclic) bond motifs is 21. The molecule has 1 aliphatic rings. The highest BCUT2D eigenvalue weighted by Gasteiger charge is 2.26. The maximum atomic E-state index is 13.4. The first kappa shape index (κ1) is 61.8. The van der Waals surface area contributed by atoms with Gasteiger partial charge < -0.3 is 22.8 Å². The molecule has 6 heterocycles. The molecular formula is C95H76N6O. The molecule has 1 aliphatic carbocycles. The minimum absolute atomic E-state index is 0.0714. The van der Waals surface area contributed by atoms with Gasteiger partial charge in [-0.3, -0.25) is 9.36 Å². The molecule has 0 atom stereocenters. The SMILES string of the molecule is C=C(C)C(=O)n1c2ccc(C)cc2c2ccc3c(c4ccccc4n3-c3ccccc3)c21.C=Cc1ccc(Cn2c3ccccc3c3ccc4c(c5ccc(C)cc5n4-c4ccccc4)c32)cc1.C=Cn1c2ccc(C3CCCCC3)cc2c2ccc3c(c4ccccc4n3-c3ccccc3)c21. The number of hydrogen-bond acceptors (Lipinski definition) is 1. The van der Waals surface area contributed by atoms with Crippen LogP contribution in [-0.4, -0.2) is 33.3 Å². The first-order valence-corrected chi connectivity index (χ1v) is 35.8. The Bertz CT molecular complexity index is 6600. The molecule has 7 nitrogen and oxygen atoms in total. The lowest BCUT2D eigenvalue weighted by Crippen LogP contribution is -2.10. The van der Waals surface area contributed by atoms with Crippen molar-refractivity contribution in [3.05, 3.63) is 332 Å². The van der Waals surface area contributed by atoms with Crippen molar-refractivity contribution in [3.8, 4) is 17.1 Å². The molecule has 7 heteroatoms. The Hall–Kier alpha value is -12.5. The van der Waals surface area contributed by atoms with E-state index in [1.165, 1.54) is 153 Å². The molecule has 6 aromatic heterocycles. The Balaban J connectivity index is 0.000000110. The normalized spacial score (nSPS) is 12.8. The third kappa shape index (κ3) is 9.96. The van der Waals surface area contributed by atoms with Gasteiger partial charge in [-0.25, -0.2) is 0 Å². The van der Waals surface area contributed by atoms with Crippen LogP contribution in [0.4, 0.5) is 0 Å². The Kier molecular flexibility index (Phi) is 15.2. The van der Waals surface area contributed by atoms with Crippen molar-refractivity contribution >= 4 is 149 Å². The lowest BCUT2D eigenvalue weighted by molar-refractivity contribution is 0.0965. The molecule has 492 valence electrons. The van der Waals surface area contributed by atoms with Crippen LogP contribution in [-0.2, 0) is 6.54 Å². The second kappa shape index (κ2) is 25.1. The summed E-state index contributed by atoms with van der Waals surface area (Å²) in [5.41, 5.74) is 24.4. The highest BCUT2D eigenvalue weighted by Crippen LogP contribution is 2.46. The summed E-state index contributed by atoms with van der Waals surface area (Å²) >= 11 is 0. The van der Waals surface area contributed by atoms with Gasteiger partial charge in [-0.15, -0.1) is 0 Å². The first-order valence-electron chi connectivity index (χ1n) is 35.8. The van der Waals surface area contributed by atoms with Gasteiger partial charge in [0.1, 0.15) is 0 Å². The van der Waals surface area contributed by atoms with Crippen LogP contribution >= 0.6 is 0 Å². The number of carbonyl (C=O) groups excluding carboxylic acids is 1. The van der Waals surface area contributed by atoms with Crippen LogP contribution in [0, 0.1) is 13.8 Å². The lowest BCUT2D eigenvalue weighted by atomic mass is 9.84. The first-order chi connectivity index (χ1) is 50.1. The van der Waals surface area contributed by atoms with Crippen LogP contribution in [0.1, 0.15) is 77.6 Å². The second-order valence-corrected chi connectivity index (χ2v) is 27.8. The zero-order valence-electron chi connectivity index (χ0n) is 57.7. The third-order valence-electron chi connectivity index (χ3n) is 21.6. The van der Waals surface area contributed by atoms with Crippen LogP contribution in [0.15, 0.2) is 304 Å². The smallest absolute Gasteiger partial charge is 0.257 e. The summed E-state index contributed by atoms with van der Waals surface area (Å²) in [6.07, 6.45) is 10.6.